The van der Waals surface area contributed by atoms with E-state index in [1.807, 2.05) is 25.1 Å². The van der Waals surface area contributed by atoms with Crippen LogP contribution >= 0.6 is 0 Å². The summed E-state index contributed by atoms with van der Waals surface area (Å²) in [5.74, 6) is -0.0237. The molecule has 2 aliphatic heterocycles. The van der Waals surface area contributed by atoms with Crippen molar-refractivity contribution in [2.45, 2.75) is 62.8 Å². The van der Waals surface area contributed by atoms with Crippen molar-refractivity contribution < 1.29 is 4.39 Å². The molecule has 1 aliphatic carbocycles. The van der Waals surface area contributed by atoms with Gasteiger partial charge < -0.3 is 10.6 Å². The van der Waals surface area contributed by atoms with Gasteiger partial charge >= 0.3 is 0 Å². The zero-order chi connectivity index (χ0) is 19.5. The lowest BCUT2D eigenvalue weighted by molar-refractivity contribution is 0.183. The van der Waals surface area contributed by atoms with E-state index in [-0.39, 0.29) is 22.7 Å². The molecule has 0 radical (unpaired) electrons. The molecule has 146 valence electrons. The molecule has 28 heavy (non-hydrogen) atoms. The Bertz CT molecular complexity index is 957. The molecule has 1 saturated heterocycles. The fraction of sp³-hybridized carbons (Fsp3) is 0.440. The van der Waals surface area contributed by atoms with E-state index in [0.717, 1.165) is 41.9 Å². The average Bonchev–Trinajstić information content (AvgIpc) is 3.15. The Kier molecular flexibility index (Phi) is 3.96. The molecule has 2 nitrogen and oxygen atoms in total. The van der Waals surface area contributed by atoms with Gasteiger partial charge in [0.2, 0.25) is 0 Å². The number of anilines is 1. The summed E-state index contributed by atoms with van der Waals surface area (Å²) in [5.41, 5.74) is 5.88. The lowest BCUT2D eigenvalue weighted by atomic mass is 9.55. The molecule has 0 bridgehead atoms. The van der Waals surface area contributed by atoms with Gasteiger partial charge in [0.05, 0.1) is 5.41 Å². The van der Waals surface area contributed by atoms with E-state index < -0.39 is 0 Å². The lowest BCUT2D eigenvalue weighted by Crippen LogP contribution is -2.56. The molecule has 3 aliphatic rings. The second-order valence-corrected chi connectivity index (χ2v) is 9.01. The van der Waals surface area contributed by atoms with Crippen LogP contribution in [0, 0.1) is 19.7 Å². The summed E-state index contributed by atoms with van der Waals surface area (Å²) >= 11 is 0. The third-order valence-corrected chi connectivity index (χ3v) is 7.59. The maximum atomic E-state index is 15.3. The van der Waals surface area contributed by atoms with Gasteiger partial charge in [0.15, 0.2) is 0 Å². The molecule has 1 saturated carbocycles. The highest BCUT2D eigenvalue weighted by atomic mass is 19.1. The predicted octanol–water partition coefficient (Wildman–Crippen LogP) is 5.71. The zero-order valence-electron chi connectivity index (χ0n) is 16.9. The first-order valence-corrected chi connectivity index (χ1v) is 10.6. The van der Waals surface area contributed by atoms with Gasteiger partial charge in [-0.2, -0.15) is 0 Å². The normalized spacial score (nSPS) is 28.0. The van der Waals surface area contributed by atoms with Crippen molar-refractivity contribution in [1.29, 1.82) is 0 Å². The third kappa shape index (κ3) is 2.17. The summed E-state index contributed by atoms with van der Waals surface area (Å²) in [7, 11) is 0. The largest absolute Gasteiger partial charge is 0.358 e. The molecule has 2 heterocycles. The van der Waals surface area contributed by atoms with Crippen molar-refractivity contribution >= 4 is 5.69 Å². The van der Waals surface area contributed by atoms with Crippen molar-refractivity contribution in [2.24, 2.45) is 0 Å². The molecule has 2 unspecified atom stereocenters. The summed E-state index contributed by atoms with van der Waals surface area (Å²) in [4.78, 5) is 0. The van der Waals surface area contributed by atoms with Crippen LogP contribution in [0.4, 0.5) is 10.1 Å². The van der Waals surface area contributed by atoms with Gasteiger partial charge in [-0.05, 0) is 55.0 Å². The quantitative estimate of drug-likeness (QED) is 0.666. The molecular weight excluding hydrogens is 347 g/mol. The number of aryl methyl sites for hydroxylation is 2. The summed E-state index contributed by atoms with van der Waals surface area (Å²) in [5, 5.41) is 7.54. The molecule has 2 fully saturated rings. The standard InChI is InChI=1S/C25H29FN2/c1-16-10-11-20-22(14-16)28-18(3)25(20)21(19-9-7-8-17(2)23(19)26)15-27-24(25)12-5-4-6-13-24/h7-11,14,21,27-28H,3-6,12-13,15H2,1-2H3. The van der Waals surface area contributed by atoms with E-state index >= 15 is 4.39 Å². The number of rotatable bonds is 1. The summed E-state index contributed by atoms with van der Waals surface area (Å²) in [6.45, 7) is 9.31. The maximum Gasteiger partial charge on any atom is 0.129 e. The van der Waals surface area contributed by atoms with E-state index in [4.69, 9.17) is 0 Å². The number of hydrogen-bond donors (Lipinski definition) is 2. The lowest BCUT2D eigenvalue weighted by Gasteiger charge is -2.49. The van der Waals surface area contributed by atoms with Gasteiger partial charge in [-0.15, -0.1) is 0 Å². The monoisotopic (exact) mass is 376 g/mol. The molecule has 2 aromatic carbocycles. The van der Waals surface area contributed by atoms with Crippen molar-refractivity contribution in [2.75, 3.05) is 11.9 Å². The van der Waals surface area contributed by atoms with Gasteiger partial charge in [0, 0.05) is 29.4 Å². The molecule has 5 rings (SSSR count). The molecule has 0 amide bonds. The van der Waals surface area contributed by atoms with Gasteiger partial charge in [0.25, 0.3) is 0 Å². The second kappa shape index (κ2) is 6.18. The van der Waals surface area contributed by atoms with Crippen LogP contribution in [0.3, 0.4) is 0 Å². The van der Waals surface area contributed by atoms with Crippen LogP contribution < -0.4 is 10.6 Å². The van der Waals surface area contributed by atoms with Crippen LogP contribution in [-0.2, 0) is 5.41 Å². The van der Waals surface area contributed by atoms with E-state index in [1.165, 1.54) is 30.4 Å². The van der Waals surface area contributed by atoms with E-state index in [9.17, 15) is 0 Å². The summed E-state index contributed by atoms with van der Waals surface area (Å²) in [6, 6.07) is 12.5. The number of nitrogens with one attached hydrogen (secondary N) is 2. The Morgan fingerprint density at radius 2 is 1.86 bits per heavy atom. The molecule has 2 atom stereocenters. The van der Waals surface area contributed by atoms with Crippen molar-refractivity contribution in [3.63, 3.8) is 0 Å². The minimum absolute atomic E-state index is 0.0365. The summed E-state index contributed by atoms with van der Waals surface area (Å²) in [6.07, 6.45) is 5.94. The van der Waals surface area contributed by atoms with Gasteiger partial charge in [-0.1, -0.05) is 56.2 Å². The highest BCUT2D eigenvalue weighted by Gasteiger charge is 2.65. The first-order chi connectivity index (χ1) is 13.5. The zero-order valence-corrected chi connectivity index (χ0v) is 16.9. The van der Waals surface area contributed by atoms with E-state index in [2.05, 4.69) is 42.3 Å². The number of fused-ring (bicyclic) bond motifs is 3. The Morgan fingerprint density at radius 1 is 1.07 bits per heavy atom. The van der Waals surface area contributed by atoms with Crippen molar-refractivity contribution in [1.82, 2.24) is 5.32 Å². The maximum absolute atomic E-state index is 15.3. The van der Waals surface area contributed by atoms with Crippen LogP contribution in [0.25, 0.3) is 0 Å². The van der Waals surface area contributed by atoms with E-state index in [1.54, 1.807) is 0 Å². The molecule has 2 aromatic rings. The molecule has 2 N–H and O–H groups in total. The number of halogens is 1. The van der Waals surface area contributed by atoms with Crippen molar-refractivity contribution in [3.8, 4) is 0 Å². The Labute approximate surface area is 167 Å². The number of benzene rings is 2. The Morgan fingerprint density at radius 3 is 2.64 bits per heavy atom. The highest BCUT2D eigenvalue weighted by molar-refractivity contribution is 5.73. The average molecular weight is 377 g/mol. The minimum atomic E-state index is -0.314. The molecule has 3 heteroatoms. The number of hydrogen-bond acceptors (Lipinski definition) is 2. The predicted molar refractivity (Wildman–Crippen MR) is 113 cm³/mol. The van der Waals surface area contributed by atoms with Crippen molar-refractivity contribution in [3.05, 3.63) is 76.7 Å². The van der Waals surface area contributed by atoms with Crippen LogP contribution in [-0.4, -0.2) is 12.1 Å². The third-order valence-electron chi connectivity index (χ3n) is 7.59. The first kappa shape index (κ1) is 17.9. The molecule has 0 aromatic heterocycles. The first-order valence-electron chi connectivity index (χ1n) is 10.6. The minimum Gasteiger partial charge on any atom is -0.358 e. The van der Waals surface area contributed by atoms with Crippen LogP contribution in [0.5, 0.6) is 0 Å². The van der Waals surface area contributed by atoms with Crippen LogP contribution in [0.2, 0.25) is 0 Å². The van der Waals surface area contributed by atoms with Crippen LogP contribution in [0.1, 0.15) is 60.3 Å². The smallest absolute Gasteiger partial charge is 0.129 e. The fourth-order valence-corrected chi connectivity index (χ4v) is 6.41. The molecular formula is C25H29FN2. The SMILES string of the molecule is C=C1Nc2cc(C)ccc2C12C(c1cccc(C)c1F)CNC21CCCCC1. The van der Waals surface area contributed by atoms with E-state index in [0.29, 0.717) is 0 Å². The fourth-order valence-electron chi connectivity index (χ4n) is 6.41. The summed E-state index contributed by atoms with van der Waals surface area (Å²) < 4.78 is 15.3. The highest BCUT2D eigenvalue weighted by Crippen LogP contribution is 2.63. The van der Waals surface area contributed by atoms with Gasteiger partial charge in [-0.3, -0.25) is 0 Å². The topological polar surface area (TPSA) is 24.1 Å². The molecule has 2 spiro atoms. The Hall–Kier alpha value is -2.13. The van der Waals surface area contributed by atoms with Gasteiger partial charge in [0.1, 0.15) is 5.82 Å². The van der Waals surface area contributed by atoms with Gasteiger partial charge in [-0.25, -0.2) is 4.39 Å². The van der Waals surface area contributed by atoms with Crippen LogP contribution in [0.15, 0.2) is 48.7 Å². The second-order valence-electron chi connectivity index (χ2n) is 9.01. The Balaban J connectivity index is 1.78.